The molecule has 0 atom stereocenters. The van der Waals surface area contributed by atoms with Crippen LogP contribution in [0.3, 0.4) is 0 Å². The molecule has 1 fully saturated rings. The van der Waals surface area contributed by atoms with Gasteiger partial charge in [0.25, 0.3) is 0 Å². The van der Waals surface area contributed by atoms with Crippen molar-refractivity contribution in [1.29, 1.82) is 0 Å². The molecule has 0 unspecified atom stereocenters. The van der Waals surface area contributed by atoms with Crippen LogP contribution in [-0.4, -0.2) is 36.2 Å². The Morgan fingerprint density at radius 1 is 1.33 bits per heavy atom. The van der Waals surface area contributed by atoms with Crippen molar-refractivity contribution in [2.24, 2.45) is 4.99 Å². The second-order valence-electron chi connectivity index (χ2n) is 7.45. The summed E-state index contributed by atoms with van der Waals surface area (Å²) in [5, 5.41) is 10.9. The van der Waals surface area contributed by atoms with Gasteiger partial charge in [-0.2, -0.15) is 4.98 Å². The molecule has 0 radical (unpaired) electrons. The van der Waals surface area contributed by atoms with E-state index in [-0.39, 0.29) is 5.41 Å². The number of rotatable bonds is 8. The molecule has 2 aromatic rings. The zero-order valence-electron chi connectivity index (χ0n) is 16.3. The first-order valence-corrected chi connectivity index (χ1v) is 10.3. The summed E-state index contributed by atoms with van der Waals surface area (Å²) >= 11 is 3.57. The first-order valence-electron chi connectivity index (χ1n) is 9.55. The summed E-state index contributed by atoms with van der Waals surface area (Å²) in [6, 6.07) is 8.61. The first kappa shape index (κ1) is 19.9. The number of aliphatic imine (C=N–C) groups is 1. The molecule has 1 aliphatic rings. The number of aromatic nitrogens is 2. The van der Waals surface area contributed by atoms with Gasteiger partial charge in [0.05, 0.1) is 0 Å². The van der Waals surface area contributed by atoms with Crippen molar-refractivity contribution in [1.82, 2.24) is 20.8 Å². The van der Waals surface area contributed by atoms with Gasteiger partial charge in [0, 0.05) is 42.4 Å². The molecule has 2 N–H and O–H groups in total. The number of nitrogens with one attached hydrogen (secondary N) is 2. The fraction of sp³-hybridized carbons (Fsp3) is 0.550. The van der Waals surface area contributed by atoms with Crippen molar-refractivity contribution in [2.75, 3.05) is 20.1 Å². The lowest BCUT2D eigenvalue weighted by Gasteiger charge is -2.19. The number of guanidine groups is 1. The smallest absolute Gasteiger partial charge is 0.226 e. The Morgan fingerprint density at radius 2 is 2.15 bits per heavy atom. The molecule has 7 heteroatoms. The van der Waals surface area contributed by atoms with E-state index >= 15 is 0 Å². The van der Waals surface area contributed by atoms with E-state index in [2.05, 4.69) is 79.8 Å². The van der Waals surface area contributed by atoms with Crippen LogP contribution < -0.4 is 10.6 Å². The predicted molar refractivity (Wildman–Crippen MR) is 111 cm³/mol. The molecule has 1 aliphatic carbocycles. The minimum Gasteiger partial charge on any atom is -0.356 e. The molecular formula is C20H28BrN5O. The van der Waals surface area contributed by atoms with Gasteiger partial charge in [0.2, 0.25) is 5.89 Å². The van der Waals surface area contributed by atoms with Crippen molar-refractivity contribution in [3.63, 3.8) is 0 Å². The topological polar surface area (TPSA) is 75.3 Å². The molecule has 1 heterocycles. The van der Waals surface area contributed by atoms with Crippen LogP contribution in [0.2, 0.25) is 0 Å². The third-order valence-electron chi connectivity index (χ3n) is 4.97. The van der Waals surface area contributed by atoms with E-state index in [0.717, 1.165) is 42.2 Å². The lowest BCUT2D eigenvalue weighted by Crippen LogP contribution is -2.41. The van der Waals surface area contributed by atoms with Crippen LogP contribution in [0.4, 0.5) is 0 Å². The summed E-state index contributed by atoms with van der Waals surface area (Å²) in [6.45, 7) is 5.83. The minimum absolute atomic E-state index is 0.235. The Balaban J connectivity index is 1.42. The van der Waals surface area contributed by atoms with Gasteiger partial charge in [0.15, 0.2) is 11.8 Å². The zero-order valence-corrected chi connectivity index (χ0v) is 17.8. The van der Waals surface area contributed by atoms with Gasteiger partial charge in [-0.15, -0.1) is 0 Å². The molecule has 0 amide bonds. The van der Waals surface area contributed by atoms with E-state index in [1.807, 2.05) is 0 Å². The Hall–Kier alpha value is -1.89. The van der Waals surface area contributed by atoms with Gasteiger partial charge < -0.3 is 15.2 Å². The van der Waals surface area contributed by atoms with Gasteiger partial charge in [0.1, 0.15) is 0 Å². The molecule has 146 valence electrons. The third-order valence-corrected chi connectivity index (χ3v) is 5.46. The van der Waals surface area contributed by atoms with Gasteiger partial charge in [-0.3, -0.25) is 4.99 Å². The second kappa shape index (κ2) is 8.87. The quantitative estimate of drug-likeness (QED) is 0.376. The third kappa shape index (κ3) is 5.31. The molecule has 1 aromatic heterocycles. The maximum Gasteiger partial charge on any atom is 0.226 e. The van der Waals surface area contributed by atoms with Crippen molar-refractivity contribution in [2.45, 2.75) is 50.9 Å². The summed E-state index contributed by atoms with van der Waals surface area (Å²) in [5.74, 6) is 2.61. The molecule has 3 rings (SSSR count). The molecule has 1 aromatic carbocycles. The van der Waals surface area contributed by atoms with Crippen molar-refractivity contribution < 1.29 is 4.52 Å². The van der Waals surface area contributed by atoms with Crippen molar-refractivity contribution in [3.05, 3.63) is 46.0 Å². The van der Waals surface area contributed by atoms with Crippen LogP contribution in [-0.2, 0) is 11.8 Å². The fourth-order valence-electron chi connectivity index (χ4n) is 3.06. The summed E-state index contributed by atoms with van der Waals surface area (Å²) in [5.41, 5.74) is 1.62. The molecule has 1 saturated carbocycles. The molecular weight excluding hydrogens is 406 g/mol. The molecule has 0 spiro atoms. The maximum atomic E-state index is 5.28. The molecule has 0 saturated heterocycles. The largest absolute Gasteiger partial charge is 0.356 e. The summed E-state index contributed by atoms with van der Waals surface area (Å²) < 4.78 is 6.41. The summed E-state index contributed by atoms with van der Waals surface area (Å²) in [7, 11) is 1.81. The Kier molecular flexibility index (Phi) is 6.52. The van der Waals surface area contributed by atoms with Crippen molar-refractivity contribution in [3.8, 4) is 0 Å². The Bertz CT molecular complexity index is 782. The lowest BCUT2D eigenvalue weighted by atomic mass is 9.96. The molecule has 27 heavy (non-hydrogen) atoms. The van der Waals surface area contributed by atoms with Crippen LogP contribution in [0.15, 0.2) is 38.3 Å². The first-order chi connectivity index (χ1) is 13.0. The highest BCUT2D eigenvalue weighted by molar-refractivity contribution is 9.10. The lowest BCUT2D eigenvalue weighted by molar-refractivity contribution is 0.368. The average Bonchev–Trinajstić information content (AvgIpc) is 3.30. The molecule has 0 aliphatic heterocycles. The van der Waals surface area contributed by atoms with Gasteiger partial charge >= 0.3 is 0 Å². The Labute approximate surface area is 169 Å². The van der Waals surface area contributed by atoms with E-state index in [1.165, 1.54) is 18.4 Å². The highest BCUT2D eigenvalue weighted by Gasteiger charge is 2.44. The normalized spacial score (nSPS) is 15.8. The van der Waals surface area contributed by atoms with E-state index in [1.54, 1.807) is 7.05 Å². The van der Waals surface area contributed by atoms with E-state index in [9.17, 15) is 0 Å². The summed E-state index contributed by atoms with van der Waals surface area (Å²) in [6.07, 6.45) is 4.11. The second-order valence-corrected chi connectivity index (χ2v) is 8.36. The standard InChI is InChI=1S/C20H28BrN5O/c1-14(2)18-25-17(27-26-18)8-5-11-23-19(22-3)24-13-20(9-10-20)15-6-4-7-16(21)12-15/h4,6-7,12,14H,5,8-11,13H2,1-3H3,(H2,22,23,24). The highest BCUT2D eigenvalue weighted by Crippen LogP contribution is 2.48. The van der Waals surface area contributed by atoms with Crippen LogP contribution in [0, 0.1) is 0 Å². The summed E-state index contributed by atoms with van der Waals surface area (Å²) in [4.78, 5) is 8.74. The zero-order chi connectivity index (χ0) is 19.3. The van der Waals surface area contributed by atoms with E-state index in [4.69, 9.17) is 4.52 Å². The van der Waals surface area contributed by atoms with Gasteiger partial charge in [-0.25, -0.2) is 0 Å². The van der Waals surface area contributed by atoms with Crippen LogP contribution >= 0.6 is 15.9 Å². The fourth-order valence-corrected chi connectivity index (χ4v) is 3.46. The number of halogens is 1. The average molecular weight is 434 g/mol. The van der Waals surface area contributed by atoms with Gasteiger partial charge in [-0.05, 0) is 37.0 Å². The number of aryl methyl sites for hydroxylation is 1. The predicted octanol–water partition coefficient (Wildman–Crippen LogP) is 3.78. The number of benzene rings is 1. The van der Waals surface area contributed by atoms with Gasteiger partial charge in [-0.1, -0.05) is 47.1 Å². The van der Waals surface area contributed by atoms with Crippen molar-refractivity contribution >= 4 is 21.9 Å². The minimum atomic E-state index is 0.235. The number of nitrogens with zero attached hydrogens (tertiary/aromatic N) is 3. The van der Waals surface area contributed by atoms with Crippen LogP contribution in [0.5, 0.6) is 0 Å². The van der Waals surface area contributed by atoms with E-state index in [0.29, 0.717) is 11.8 Å². The SMILES string of the molecule is CN=C(NCCCc1nc(C(C)C)no1)NCC1(c2cccc(Br)c2)CC1. The maximum absolute atomic E-state index is 5.28. The van der Waals surface area contributed by atoms with E-state index < -0.39 is 0 Å². The Morgan fingerprint density at radius 3 is 2.78 bits per heavy atom. The number of hydrogen-bond acceptors (Lipinski definition) is 4. The number of hydrogen-bond donors (Lipinski definition) is 2. The highest BCUT2D eigenvalue weighted by atomic mass is 79.9. The molecule has 6 nitrogen and oxygen atoms in total. The van der Waals surface area contributed by atoms with Crippen LogP contribution in [0.25, 0.3) is 0 Å². The van der Waals surface area contributed by atoms with Crippen LogP contribution in [0.1, 0.15) is 56.3 Å². The molecule has 0 bridgehead atoms. The monoisotopic (exact) mass is 433 g/mol.